The minimum Gasteiger partial charge on any atom is -0.309 e. The monoisotopic (exact) mass is 287 g/mol. The van der Waals surface area contributed by atoms with Gasteiger partial charge in [0.05, 0.1) is 10.6 Å². The zero-order valence-corrected chi connectivity index (χ0v) is 12.9. The Hall–Kier alpha value is -1.26. The SMILES string of the molecule is CCCNC(c1snnc1C)C1CC1c1ccccc1. The summed E-state index contributed by atoms with van der Waals surface area (Å²) >= 11 is 1.55. The number of nitrogens with one attached hydrogen (secondary N) is 1. The smallest absolute Gasteiger partial charge is 0.0772 e. The van der Waals surface area contributed by atoms with Crippen LogP contribution in [0.2, 0.25) is 0 Å². The Morgan fingerprint density at radius 1 is 1.35 bits per heavy atom. The van der Waals surface area contributed by atoms with Gasteiger partial charge in [-0.3, -0.25) is 0 Å². The van der Waals surface area contributed by atoms with Crippen molar-refractivity contribution in [2.45, 2.75) is 38.6 Å². The van der Waals surface area contributed by atoms with Crippen molar-refractivity contribution >= 4 is 11.5 Å². The molecular weight excluding hydrogens is 266 g/mol. The quantitative estimate of drug-likeness (QED) is 0.880. The Labute approximate surface area is 124 Å². The van der Waals surface area contributed by atoms with Crippen molar-refractivity contribution in [3.8, 4) is 0 Å². The summed E-state index contributed by atoms with van der Waals surface area (Å²) in [6, 6.07) is 11.3. The van der Waals surface area contributed by atoms with Crippen LogP contribution in [0.5, 0.6) is 0 Å². The maximum absolute atomic E-state index is 4.18. The van der Waals surface area contributed by atoms with E-state index in [1.807, 2.05) is 0 Å². The summed E-state index contributed by atoms with van der Waals surface area (Å²) in [4.78, 5) is 1.32. The Morgan fingerprint density at radius 3 is 2.80 bits per heavy atom. The van der Waals surface area contributed by atoms with Crippen LogP contribution in [0.25, 0.3) is 0 Å². The molecule has 1 aromatic carbocycles. The molecule has 1 heterocycles. The van der Waals surface area contributed by atoms with E-state index in [1.165, 1.54) is 16.9 Å². The third-order valence-electron chi connectivity index (χ3n) is 4.08. The van der Waals surface area contributed by atoms with Crippen LogP contribution in [-0.2, 0) is 0 Å². The summed E-state index contributed by atoms with van der Waals surface area (Å²) in [5.41, 5.74) is 2.55. The molecule has 3 atom stereocenters. The molecule has 0 bridgehead atoms. The van der Waals surface area contributed by atoms with Gasteiger partial charge in [0.2, 0.25) is 0 Å². The van der Waals surface area contributed by atoms with Crippen LogP contribution in [0, 0.1) is 12.8 Å². The summed E-state index contributed by atoms with van der Waals surface area (Å²) in [5, 5.41) is 7.89. The highest BCUT2D eigenvalue weighted by Crippen LogP contribution is 2.54. The van der Waals surface area contributed by atoms with Gasteiger partial charge in [-0.05, 0) is 55.2 Å². The zero-order chi connectivity index (χ0) is 13.9. The summed E-state index contributed by atoms with van der Waals surface area (Å²) in [6.07, 6.45) is 2.42. The Bertz CT molecular complexity index is 552. The van der Waals surface area contributed by atoms with Gasteiger partial charge in [0.15, 0.2) is 0 Å². The lowest BCUT2D eigenvalue weighted by Gasteiger charge is -2.17. The van der Waals surface area contributed by atoms with Crippen LogP contribution in [0.15, 0.2) is 30.3 Å². The Morgan fingerprint density at radius 2 is 2.15 bits per heavy atom. The number of aryl methyl sites for hydroxylation is 1. The van der Waals surface area contributed by atoms with Gasteiger partial charge in [0.25, 0.3) is 0 Å². The normalized spacial score (nSPS) is 22.7. The van der Waals surface area contributed by atoms with Gasteiger partial charge < -0.3 is 5.32 Å². The lowest BCUT2D eigenvalue weighted by Crippen LogP contribution is -2.24. The topological polar surface area (TPSA) is 37.8 Å². The van der Waals surface area contributed by atoms with Crippen molar-refractivity contribution in [1.82, 2.24) is 14.9 Å². The number of rotatable bonds is 6. The Balaban J connectivity index is 1.77. The van der Waals surface area contributed by atoms with Crippen LogP contribution >= 0.6 is 11.5 Å². The second kappa shape index (κ2) is 6.02. The number of hydrogen-bond acceptors (Lipinski definition) is 4. The van der Waals surface area contributed by atoms with Crippen molar-refractivity contribution in [2.75, 3.05) is 6.54 Å². The molecule has 0 radical (unpaired) electrons. The van der Waals surface area contributed by atoms with Crippen molar-refractivity contribution < 1.29 is 0 Å². The largest absolute Gasteiger partial charge is 0.309 e. The fraction of sp³-hybridized carbons (Fsp3) is 0.500. The first-order chi connectivity index (χ1) is 9.81. The molecule has 1 aromatic heterocycles. The van der Waals surface area contributed by atoms with E-state index in [0.717, 1.165) is 18.7 Å². The maximum atomic E-state index is 4.18. The van der Waals surface area contributed by atoms with Gasteiger partial charge >= 0.3 is 0 Å². The third-order valence-corrected chi connectivity index (χ3v) is 4.99. The van der Waals surface area contributed by atoms with Gasteiger partial charge in [0, 0.05) is 6.04 Å². The second-order valence-corrected chi connectivity index (χ2v) is 6.36. The molecule has 0 amide bonds. The summed E-state index contributed by atoms with van der Waals surface area (Å²) in [5.74, 6) is 1.37. The maximum Gasteiger partial charge on any atom is 0.0772 e. The molecule has 3 rings (SSSR count). The first kappa shape index (κ1) is 13.7. The van der Waals surface area contributed by atoms with Crippen LogP contribution in [0.1, 0.15) is 47.9 Å². The molecular formula is C16H21N3S. The van der Waals surface area contributed by atoms with E-state index < -0.39 is 0 Å². The highest BCUT2D eigenvalue weighted by atomic mass is 32.1. The van der Waals surface area contributed by atoms with Crippen LogP contribution in [0.3, 0.4) is 0 Å². The van der Waals surface area contributed by atoms with E-state index in [9.17, 15) is 0 Å². The van der Waals surface area contributed by atoms with Crippen molar-refractivity contribution in [3.63, 3.8) is 0 Å². The average molecular weight is 287 g/mol. The molecule has 0 aliphatic heterocycles. The van der Waals surface area contributed by atoms with Gasteiger partial charge in [0.1, 0.15) is 0 Å². The summed E-state index contributed by atoms with van der Waals surface area (Å²) < 4.78 is 4.11. The Kier molecular flexibility index (Phi) is 4.13. The molecule has 3 unspecified atom stereocenters. The average Bonchev–Trinajstić information content (AvgIpc) is 3.16. The van der Waals surface area contributed by atoms with Crippen molar-refractivity contribution in [2.24, 2.45) is 5.92 Å². The summed E-state index contributed by atoms with van der Waals surface area (Å²) in [7, 11) is 0. The fourth-order valence-corrected chi connectivity index (χ4v) is 3.72. The number of aromatic nitrogens is 2. The molecule has 0 saturated heterocycles. The van der Waals surface area contributed by atoms with Gasteiger partial charge in [-0.15, -0.1) is 5.10 Å². The van der Waals surface area contributed by atoms with Crippen molar-refractivity contribution in [1.29, 1.82) is 0 Å². The van der Waals surface area contributed by atoms with Crippen LogP contribution in [0.4, 0.5) is 0 Å². The minimum absolute atomic E-state index is 0.417. The molecule has 1 aliphatic carbocycles. The lowest BCUT2D eigenvalue weighted by molar-refractivity contribution is 0.477. The molecule has 0 spiro atoms. The van der Waals surface area contributed by atoms with Crippen molar-refractivity contribution in [3.05, 3.63) is 46.5 Å². The first-order valence-corrected chi connectivity index (χ1v) is 8.15. The number of benzene rings is 1. The lowest BCUT2D eigenvalue weighted by atomic mass is 10.0. The van der Waals surface area contributed by atoms with Gasteiger partial charge in [-0.1, -0.05) is 41.7 Å². The molecule has 3 nitrogen and oxygen atoms in total. The minimum atomic E-state index is 0.417. The van der Waals surface area contributed by atoms with E-state index in [0.29, 0.717) is 17.9 Å². The zero-order valence-electron chi connectivity index (χ0n) is 12.0. The number of nitrogens with zero attached hydrogens (tertiary/aromatic N) is 2. The number of hydrogen-bond donors (Lipinski definition) is 1. The molecule has 106 valence electrons. The molecule has 20 heavy (non-hydrogen) atoms. The fourth-order valence-electron chi connectivity index (χ4n) is 2.93. The predicted molar refractivity (Wildman–Crippen MR) is 83.0 cm³/mol. The highest BCUT2D eigenvalue weighted by Gasteiger charge is 2.45. The third kappa shape index (κ3) is 2.76. The molecule has 2 aromatic rings. The molecule has 4 heteroatoms. The van der Waals surface area contributed by atoms with E-state index >= 15 is 0 Å². The van der Waals surface area contributed by atoms with Crippen LogP contribution < -0.4 is 5.32 Å². The van der Waals surface area contributed by atoms with Gasteiger partial charge in [-0.25, -0.2) is 0 Å². The van der Waals surface area contributed by atoms with E-state index in [4.69, 9.17) is 0 Å². The van der Waals surface area contributed by atoms with E-state index in [2.05, 4.69) is 59.1 Å². The standard InChI is InChI=1S/C16H21N3S/c1-3-9-17-15(16-11(2)18-19-20-16)14-10-13(14)12-7-5-4-6-8-12/h4-8,13-15,17H,3,9-10H2,1-2H3. The molecule has 1 N–H and O–H groups in total. The molecule has 1 fully saturated rings. The highest BCUT2D eigenvalue weighted by molar-refractivity contribution is 7.05. The van der Waals surface area contributed by atoms with E-state index in [1.54, 1.807) is 11.5 Å². The predicted octanol–water partition coefficient (Wildman–Crippen LogP) is 3.69. The van der Waals surface area contributed by atoms with E-state index in [-0.39, 0.29) is 0 Å². The molecule has 1 saturated carbocycles. The molecule has 1 aliphatic rings. The van der Waals surface area contributed by atoms with Crippen LogP contribution in [-0.4, -0.2) is 16.1 Å². The second-order valence-electron chi connectivity index (χ2n) is 5.57. The summed E-state index contributed by atoms with van der Waals surface area (Å²) in [6.45, 7) is 5.34. The van der Waals surface area contributed by atoms with Gasteiger partial charge in [-0.2, -0.15) is 0 Å². The first-order valence-electron chi connectivity index (χ1n) is 7.38.